The summed E-state index contributed by atoms with van der Waals surface area (Å²) in [7, 11) is -1.75. The summed E-state index contributed by atoms with van der Waals surface area (Å²) < 4.78 is 6.40. The van der Waals surface area contributed by atoms with Crippen LogP contribution in [0.5, 0.6) is 0 Å². The maximum Gasteiger partial charge on any atom is 0.192 e. The number of rotatable bonds is 7. The number of hydrogen-bond donors (Lipinski definition) is 1. The smallest absolute Gasteiger partial charge is 0.192 e. The van der Waals surface area contributed by atoms with E-state index in [0.29, 0.717) is 11.8 Å². The molecule has 0 aliphatic rings. The van der Waals surface area contributed by atoms with Gasteiger partial charge in [-0.3, -0.25) is 0 Å². The molecule has 0 radical (unpaired) electrons. The molecule has 0 aliphatic carbocycles. The monoisotopic (exact) mass is 272 g/mol. The van der Waals surface area contributed by atoms with E-state index in [4.69, 9.17) is 9.53 Å². The van der Waals surface area contributed by atoms with Crippen LogP contribution in [0.3, 0.4) is 0 Å². The SMILES string of the molecule is C=C[C@@H](O[Si](C)(C)C(C)(C)C)[C@H](C)C[C@H](C)CO. The van der Waals surface area contributed by atoms with Crippen molar-refractivity contribution in [3.8, 4) is 0 Å². The number of aliphatic hydroxyl groups excluding tert-OH is 1. The fourth-order valence-corrected chi connectivity index (χ4v) is 3.12. The fourth-order valence-electron chi connectivity index (χ4n) is 1.76. The van der Waals surface area contributed by atoms with Crippen molar-refractivity contribution < 1.29 is 9.53 Å². The summed E-state index contributed by atoms with van der Waals surface area (Å²) in [6.07, 6.45) is 3.00. The molecule has 0 fully saturated rings. The van der Waals surface area contributed by atoms with Gasteiger partial charge in [0.05, 0.1) is 6.10 Å². The van der Waals surface area contributed by atoms with Crippen molar-refractivity contribution in [3.63, 3.8) is 0 Å². The highest BCUT2D eigenvalue weighted by atomic mass is 28.4. The molecule has 0 aliphatic heterocycles. The molecule has 0 spiro atoms. The van der Waals surface area contributed by atoms with E-state index in [2.05, 4.69) is 54.3 Å². The summed E-state index contributed by atoms with van der Waals surface area (Å²) in [5.74, 6) is 0.726. The van der Waals surface area contributed by atoms with Crippen LogP contribution in [0, 0.1) is 11.8 Å². The highest BCUT2D eigenvalue weighted by Gasteiger charge is 2.39. The highest BCUT2D eigenvalue weighted by molar-refractivity contribution is 6.74. The lowest BCUT2D eigenvalue weighted by molar-refractivity contribution is 0.136. The topological polar surface area (TPSA) is 29.5 Å². The van der Waals surface area contributed by atoms with Crippen LogP contribution >= 0.6 is 0 Å². The Kier molecular flexibility index (Phi) is 6.83. The van der Waals surface area contributed by atoms with Gasteiger partial charge in [0.1, 0.15) is 0 Å². The van der Waals surface area contributed by atoms with Gasteiger partial charge in [0.15, 0.2) is 8.32 Å². The number of hydrogen-bond acceptors (Lipinski definition) is 2. The number of aliphatic hydroxyl groups is 1. The molecule has 0 heterocycles. The molecule has 3 heteroatoms. The first kappa shape index (κ1) is 17.9. The molecule has 2 nitrogen and oxygen atoms in total. The van der Waals surface area contributed by atoms with Crippen LogP contribution in [0.25, 0.3) is 0 Å². The van der Waals surface area contributed by atoms with E-state index in [-0.39, 0.29) is 17.7 Å². The molecule has 0 saturated carbocycles. The molecule has 0 bridgehead atoms. The Morgan fingerprint density at radius 2 is 1.78 bits per heavy atom. The van der Waals surface area contributed by atoms with Crippen LogP contribution in [0.4, 0.5) is 0 Å². The molecule has 0 aromatic heterocycles. The summed E-state index contributed by atoms with van der Waals surface area (Å²) in [5.41, 5.74) is 0. The van der Waals surface area contributed by atoms with Crippen LogP contribution in [-0.4, -0.2) is 26.1 Å². The second-order valence-corrected chi connectivity index (χ2v) is 11.8. The Morgan fingerprint density at radius 3 is 2.11 bits per heavy atom. The second kappa shape index (κ2) is 6.87. The molecule has 0 rings (SSSR count). The fraction of sp³-hybridized carbons (Fsp3) is 0.867. The molecule has 0 saturated heterocycles. The van der Waals surface area contributed by atoms with E-state index in [9.17, 15) is 0 Å². The zero-order valence-electron chi connectivity index (χ0n) is 13.3. The second-order valence-electron chi connectivity index (χ2n) is 7.08. The van der Waals surface area contributed by atoms with Crippen molar-refractivity contribution in [2.45, 2.75) is 65.3 Å². The van der Waals surface area contributed by atoms with Gasteiger partial charge in [0.2, 0.25) is 0 Å². The molecule has 1 N–H and O–H groups in total. The van der Waals surface area contributed by atoms with Crippen LogP contribution in [0.2, 0.25) is 18.1 Å². The van der Waals surface area contributed by atoms with Gasteiger partial charge in [-0.1, -0.05) is 40.7 Å². The predicted octanol–water partition coefficient (Wildman–Crippen LogP) is 4.22. The zero-order chi connectivity index (χ0) is 14.6. The highest BCUT2D eigenvalue weighted by Crippen LogP contribution is 2.38. The lowest BCUT2D eigenvalue weighted by Gasteiger charge is -2.40. The minimum atomic E-state index is -1.75. The Balaban J connectivity index is 4.66. The van der Waals surface area contributed by atoms with E-state index in [1.165, 1.54) is 0 Å². The summed E-state index contributed by atoms with van der Waals surface area (Å²) in [6.45, 7) is 19.7. The van der Waals surface area contributed by atoms with E-state index >= 15 is 0 Å². The van der Waals surface area contributed by atoms with Crippen LogP contribution in [0.15, 0.2) is 12.7 Å². The molecule has 18 heavy (non-hydrogen) atoms. The van der Waals surface area contributed by atoms with Gasteiger partial charge in [0, 0.05) is 6.61 Å². The normalized spacial score (nSPS) is 18.2. The molecule has 3 atom stereocenters. The molecular weight excluding hydrogens is 240 g/mol. The summed E-state index contributed by atoms with van der Waals surface area (Å²) in [5, 5.41) is 9.36. The van der Waals surface area contributed by atoms with Gasteiger partial charge in [-0.05, 0) is 36.4 Å². The standard InChI is InChI=1S/C15H32O2Si/c1-9-14(13(3)10-12(2)11-16)17-18(7,8)15(4,5)6/h9,12-14,16H,1,10-11H2,2-8H3/t12-,13+,14+/m0/s1. The van der Waals surface area contributed by atoms with E-state index in [1.807, 2.05) is 6.08 Å². The Hall–Kier alpha value is -0.123. The van der Waals surface area contributed by atoms with Gasteiger partial charge in [-0.25, -0.2) is 0 Å². The predicted molar refractivity (Wildman–Crippen MR) is 82.3 cm³/mol. The lowest BCUT2D eigenvalue weighted by atomic mass is 9.93. The quantitative estimate of drug-likeness (QED) is 0.555. The van der Waals surface area contributed by atoms with Crippen LogP contribution < -0.4 is 0 Å². The van der Waals surface area contributed by atoms with Crippen LogP contribution in [0.1, 0.15) is 41.0 Å². The molecule has 0 amide bonds. The van der Waals surface area contributed by atoms with Crippen molar-refractivity contribution in [2.75, 3.05) is 6.61 Å². The lowest BCUT2D eigenvalue weighted by Crippen LogP contribution is -2.45. The zero-order valence-corrected chi connectivity index (χ0v) is 14.3. The molecule has 0 aromatic rings. The minimum absolute atomic E-state index is 0.0971. The summed E-state index contributed by atoms with van der Waals surface area (Å²) >= 11 is 0. The average Bonchev–Trinajstić information content (AvgIpc) is 2.23. The van der Waals surface area contributed by atoms with Gasteiger partial charge < -0.3 is 9.53 Å². The first-order chi connectivity index (χ1) is 8.05. The van der Waals surface area contributed by atoms with Crippen molar-refractivity contribution in [1.82, 2.24) is 0 Å². The summed E-state index contributed by atoms with van der Waals surface area (Å²) in [6, 6.07) is 0. The average molecular weight is 273 g/mol. The third kappa shape index (κ3) is 5.25. The Morgan fingerprint density at radius 1 is 1.28 bits per heavy atom. The minimum Gasteiger partial charge on any atom is -0.410 e. The maximum absolute atomic E-state index is 9.14. The third-order valence-corrected chi connectivity index (χ3v) is 8.59. The maximum atomic E-state index is 9.14. The summed E-state index contributed by atoms with van der Waals surface area (Å²) in [4.78, 5) is 0. The van der Waals surface area contributed by atoms with Crippen molar-refractivity contribution in [2.24, 2.45) is 11.8 Å². The van der Waals surface area contributed by atoms with Gasteiger partial charge in [-0.15, -0.1) is 6.58 Å². The van der Waals surface area contributed by atoms with Gasteiger partial charge >= 0.3 is 0 Å². The molecular formula is C15H32O2Si. The van der Waals surface area contributed by atoms with Crippen molar-refractivity contribution in [3.05, 3.63) is 12.7 Å². The van der Waals surface area contributed by atoms with Gasteiger partial charge in [0.25, 0.3) is 0 Å². The Labute approximate surface area is 115 Å². The third-order valence-electron chi connectivity index (χ3n) is 4.12. The van der Waals surface area contributed by atoms with E-state index in [1.54, 1.807) is 0 Å². The molecule has 0 aromatic carbocycles. The van der Waals surface area contributed by atoms with E-state index < -0.39 is 8.32 Å². The first-order valence-electron chi connectivity index (χ1n) is 6.96. The van der Waals surface area contributed by atoms with Gasteiger partial charge in [-0.2, -0.15) is 0 Å². The van der Waals surface area contributed by atoms with E-state index in [0.717, 1.165) is 6.42 Å². The van der Waals surface area contributed by atoms with Crippen molar-refractivity contribution >= 4 is 8.32 Å². The Bertz CT molecular complexity index is 256. The molecule has 108 valence electrons. The van der Waals surface area contributed by atoms with Crippen LogP contribution in [-0.2, 0) is 4.43 Å². The molecule has 0 unspecified atom stereocenters. The van der Waals surface area contributed by atoms with Crippen molar-refractivity contribution in [1.29, 1.82) is 0 Å². The first-order valence-corrected chi connectivity index (χ1v) is 9.87. The largest absolute Gasteiger partial charge is 0.410 e.